The maximum Gasteiger partial charge on any atom is 0.00424 e. The zero-order chi connectivity index (χ0) is 5.82. The molecule has 0 aromatic heterocycles. The lowest BCUT2D eigenvalue weighted by atomic mass is 10.0. The lowest BCUT2D eigenvalue weighted by Crippen LogP contribution is -1.90. The Morgan fingerprint density at radius 1 is 1.50 bits per heavy atom. The molecule has 0 aromatic rings. The van der Waals surface area contributed by atoms with E-state index in [9.17, 15) is 0 Å². The Kier molecular flexibility index (Phi) is 2.22. The summed E-state index contributed by atoms with van der Waals surface area (Å²) >= 11 is 4.78. The van der Waals surface area contributed by atoms with Gasteiger partial charge in [-0.05, 0) is 31.3 Å². The first-order valence-corrected chi connectivity index (χ1v) is 3.55. The Balaban J connectivity index is 2.49. The van der Waals surface area contributed by atoms with Crippen LogP contribution in [-0.4, -0.2) is 5.37 Å². The fourth-order valence-corrected chi connectivity index (χ4v) is 1.18. The van der Waals surface area contributed by atoms with E-state index in [1.165, 1.54) is 31.3 Å². The van der Waals surface area contributed by atoms with Crippen LogP contribution in [0.5, 0.6) is 0 Å². The quantitative estimate of drug-likeness (QED) is 0.486. The molecule has 44 valence electrons. The van der Waals surface area contributed by atoms with Gasteiger partial charge in [-0.2, -0.15) is 0 Å². The number of hydrogen-bond acceptors (Lipinski definition) is 1. The average Bonchev–Trinajstić information content (AvgIpc) is 1.90. The van der Waals surface area contributed by atoms with Crippen LogP contribution >= 0.6 is 12.2 Å². The highest BCUT2D eigenvalue weighted by atomic mass is 32.1. The molecule has 0 spiro atoms. The van der Waals surface area contributed by atoms with Crippen LogP contribution in [0.3, 0.4) is 0 Å². The summed E-state index contributed by atoms with van der Waals surface area (Å²) in [5.41, 5.74) is 1.37. The molecule has 0 saturated carbocycles. The third-order valence-corrected chi connectivity index (χ3v) is 1.78. The second-order valence-electron chi connectivity index (χ2n) is 2.14. The second kappa shape index (κ2) is 2.98. The molecular formula is C7H10S. The van der Waals surface area contributed by atoms with Gasteiger partial charge in [-0.15, -0.1) is 0 Å². The average molecular weight is 126 g/mol. The largest absolute Gasteiger partial charge is 0.0884 e. The maximum absolute atomic E-state index is 4.78. The summed E-state index contributed by atoms with van der Waals surface area (Å²) < 4.78 is 0. The molecule has 0 unspecified atom stereocenters. The molecule has 0 aliphatic heterocycles. The SMILES string of the molecule is S=CC1=CCCCC1. The van der Waals surface area contributed by atoms with E-state index in [4.69, 9.17) is 12.2 Å². The van der Waals surface area contributed by atoms with Gasteiger partial charge in [0.1, 0.15) is 0 Å². The summed E-state index contributed by atoms with van der Waals surface area (Å²) in [5, 5.41) is 1.80. The maximum atomic E-state index is 4.78. The third-order valence-electron chi connectivity index (χ3n) is 1.48. The van der Waals surface area contributed by atoms with Gasteiger partial charge < -0.3 is 0 Å². The van der Waals surface area contributed by atoms with Gasteiger partial charge in [0.05, 0.1) is 0 Å². The van der Waals surface area contributed by atoms with E-state index in [1.807, 2.05) is 0 Å². The summed E-state index contributed by atoms with van der Waals surface area (Å²) in [5.74, 6) is 0. The van der Waals surface area contributed by atoms with Crippen LogP contribution in [-0.2, 0) is 0 Å². The van der Waals surface area contributed by atoms with Gasteiger partial charge in [-0.1, -0.05) is 18.3 Å². The van der Waals surface area contributed by atoms with Crippen molar-refractivity contribution < 1.29 is 0 Å². The van der Waals surface area contributed by atoms with Crippen LogP contribution in [0, 0.1) is 0 Å². The van der Waals surface area contributed by atoms with Gasteiger partial charge in [0.25, 0.3) is 0 Å². The van der Waals surface area contributed by atoms with Crippen molar-refractivity contribution >= 4 is 17.6 Å². The standard InChI is InChI=1S/C7H10S/c8-6-7-4-2-1-3-5-7/h4,6H,1-3,5H2. The highest BCUT2D eigenvalue weighted by Crippen LogP contribution is 2.14. The van der Waals surface area contributed by atoms with Crippen molar-refractivity contribution in [1.82, 2.24) is 0 Å². The molecule has 0 amide bonds. The molecule has 0 fully saturated rings. The predicted octanol–water partition coefficient (Wildman–Crippen LogP) is 2.49. The Hall–Kier alpha value is -0.170. The summed E-state index contributed by atoms with van der Waals surface area (Å²) in [7, 11) is 0. The van der Waals surface area contributed by atoms with Crippen molar-refractivity contribution in [3.63, 3.8) is 0 Å². The molecule has 0 radical (unpaired) electrons. The zero-order valence-electron chi connectivity index (χ0n) is 4.89. The van der Waals surface area contributed by atoms with Crippen molar-refractivity contribution in [2.45, 2.75) is 25.7 Å². The Morgan fingerprint density at radius 2 is 2.38 bits per heavy atom. The summed E-state index contributed by atoms with van der Waals surface area (Å²) in [6, 6.07) is 0. The summed E-state index contributed by atoms with van der Waals surface area (Å²) in [4.78, 5) is 0. The van der Waals surface area contributed by atoms with Crippen LogP contribution in [0.25, 0.3) is 0 Å². The predicted molar refractivity (Wildman–Crippen MR) is 40.2 cm³/mol. The van der Waals surface area contributed by atoms with Crippen molar-refractivity contribution in [2.75, 3.05) is 0 Å². The highest BCUT2D eigenvalue weighted by molar-refractivity contribution is 7.79. The van der Waals surface area contributed by atoms with Gasteiger partial charge in [-0.3, -0.25) is 0 Å². The molecule has 1 aliphatic rings. The van der Waals surface area contributed by atoms with Crippen LogP contribution in [0.15, 0.2) is 11.6 Å². The highest BCUT2D eigenvalue weighted by Gasteiger charge is 1.97. The Labute approximate surface area is 55.6 Å². The third kappa shape index (κ3) is 1.41. The number of rotatable bonds is 1. The monoisotopic (exact) mass is 126 g/mol. The van der Waals surface area contributed by atoms with Gasteiger partial charge in [0, 0.05) is 5.37 Å². The molecule has 8 heavy (non-hydrogen) atoms. The van der Waals surface area contributed by atoms with Crippen LogP contribution in [0.1, 0.15) is 25.7 Å². The van der Waals surface area contributed by atoms with E-state index in [-0.39, 0.29) is 0 Å². The lowest BCUT2D eigenvalue weighted by Gasteiger charge is -2.05. The molecule has 0 N–H and O–H groups in total. The fourth-order valence-electron chi connectivity index (χ4n) is 0.970. The Bertz CT molecular complexity index is 114. The van der Waals surface area contributed by atoms with Gasteiger partial charge in [0.2, 0.25) is 0 Å². The molecule has 0 nitrogen and oxygen atoms in total. The van der Waals surface area contributed by atoms with E-state index >= 15 is 0 Å². The summed E-state index contributed by atoms with van der Waals surface area (Å²) in [6.45, 7) is 0. The van der Waals surface area contributed by atoms with Crippen molar-refractivity contribution in [3.05, 3.63) is 11.6 Å². The topological polar surface area (TPSA) is 0 Å². The van der Waals surface area contributed by atoms with Gasteiger partial charge in [0.15, 0.2) is 0 Å². The normalized spacial score (nSPS) is 19.8. The zero-order valence-corrected chi connectivity index (χ0v) is 5.71. The smallest absolute Gasteiger partial charge is 0.00424 e. The minimum absolute atomic E-state index is 1.21. The van der Waals surface area contributed by atoms with E-state index in [0.29, 0.717) is 0 Å². The number of allylic oxidation sites excluding steroid dienone is 2. The molecular weight excluding hydrogens is 116 g/mol. The van der Waals surface area contributed by atoms with Crippen LogP contribution in [0.2, 0.25) is 0 Å². The van der Waals surface area contributed by atoms with E-state index in [0.717, 1.165) is 0 Å². The minimum Gasteiger partial charge on any atom is -0.0884 e. The molecule has 0 aromatic carbocycles. The summed E-state index contributed by atoms with van der Waals surface area (Å²) in [6.07, 6.45) is 7.38. The fraction of sp³-hybridized carbons (Fsp3) is 0.571. The molecule has 1 rings (SSSR count). The first kappa shape index (κ1) is 5.96. The molecule has 0 bridgehead atoms. The van der Waals surface area contributed by atoms with Crippen molar-refractivity contribution in [3.8, 4) is 0 Å². The van der Waals surface area contributed by atoms with Crippen LogP contribution < -0.4 is 0 Å². The first-order chi connectivity index (χ1) is 3.93. The number of hydrogen-bond donors (Lipinski definition) is 0. The number of thiocarbonyl (C=S) groups is 1. The van der Waals surface area contributed by atoms with Gasteiger partial charge >= 0.3 is 0 Å². The molecule has 0 atom stereocenters. The lowest BCUT2D eigenvalue weighted by molar-refractivity contribution is 0.720. The first-order valence-electron chi connectivity index (χ1n) is 3.07. The van der Waals surface area contributed by atoms with E-state index < -0.39 is 0 Å². The molecule has 1 heteroatoms. The van der Waals surface area contributed by atoms with E-state index in [1.54, 1.807) is 5.37 Å². The van der Waals surface area contributed by atoms with E-state index in [2.05, 4.69) is 6.08 Å². The Morgan fingerprint density at radius 3 is 2.75 bits per heavy atom. The van der Waals surface area contributed by atoms with Gasteiger partial charge in [-0.25, -0.2) is 0 Å². The molecule has 1 aliphatic carbocycles. The van der Waals surface area contributed by atoms with Crippen molar-refractivity contribution in [2.24, 2.45) is 0 Å². The minimum atomic E-state index is 1.21. The van der Waals surface area contributed by atoms with Crippen molar-refractivity contribution in [1.29, 1.82) is 0 Å². The van der Waals surface area contributed by atoms with Crippen LogP contribution in [0.4, 0.5) is 0 Å². The molecule has 0 heterocycles. The molecule has 0 saturated heterocycles. The second-order valence-corrected chi connectivity index (χ2v) is 2.38.